The summed E-state index contributed by atoms with van der Waals surface area (Å²) in [6.07, 6.45) is 0.704. The normalized spacial score (nSPS) is 11.6. The van der Waals surface area contributed by atoms with E-state index >= 15 is 0 Å². The van der Waals surface area contributed by atoms with Crippen LogP contribution in [0.25, 0.3) is 6.08 Å². The number of carbonyl (C=O) groups excluding carboxylic acids is 1. The lowest BCUT2D eigenvalue weighted by molar-refractivity contribution is -0.112. The third-order valence-corrected chi connectivity index (χ3v) is 3.80. The largest absolute Gasteiger partial charge is 0.496 e. The second-order valence-electron chi connectivity index (χ2n) is 5.85. The van der Waals surface area contributed by atoms with Crippen LogP contribution < -0.4 is 5.32 Å². The number of hydrogen-bond acceptors (Lipinski definition) is 5. The molecule has 2 heterocycles. The molecule has 7 nitrogen and oxygen atoms in total. The van der Waals surface area contributed by atoms with Crippen molar-refractivity contribution in [3.63, 3.8) is 0 Å². The molecule has 0 fully saturated rings. The number of nitrogens with one attached hydrogen (secondary N) is 1. The number of nitrogens with zero attached hydrogens (tertiary/aromatic N) is 3. The zero-order chi connectivity index (χ0) is 20.7. The number of alkyl halides is 2. The summed E-state index contributed by atoms with van der Waals surface area (Å²) < 4.78 is 37.5. The molecule has 2 rings (SSSR count). The van der Waals surface area contributed by atoms with Crippen LogP contribution in [0, 0.1) is 6.92 Å². The Hall–Kier alpha value is -3.07. The smallest absolute Gasteiger partial charge is 0.280 e. The Morgan fingerprint density at radius 3 is 2.79 bits per heavy atom. The van der Waals surface area contributed by atoms with E-state index in [4.69, 9.17) is 9.47 Å². The van der Waals surface area contributed by atoms with Crippen molar-refractivity contribution < 1.29 is 23.0 Å². The molecule has 0 aliphatic carbocycles. The highest BCUT2D eigenvalue weighted by atomic mass is 19.3. The van der Waals surface area contributed by atoms with Crippen molar-refractivity contribution >= 4 is 17.8 Å². The van der Waals surface area contributed by atoms with E-state index in [1.807, 2.05) is 13.1 Å². The second-order valence-corrected chi connectivity index (χ2v) is 5.85. The molecular formula is C19H22F2N4O3. The van der Waals surface area contributed by atoms with Crippen LogP contribution in [-0.4, -0.2) is 41.5 Å². The fourth-order valence-electron chi connectivity index (χ4n) is 2.32. The summed E-state index contributed by atoms with van der Waals surface area (Å²) in [5.41, 5.74) is 1.07. The number of anilines is 1. The Morgan fingerprint density at radius 2 is 2.14 bits per heavy atom. The van der Waals surface area contributed by atoms with E-state index in [9.17, 15) is 13.6 Å². The fraction of sp³-hybridized carbons (Fsp3) is 0.316. The molecule has 0 aliphatic rings. The first-order valence-corrected chi connectivity index (χ1v) is 8.40. The van der Waals surface area contributed by atoms with E-state index in [1.54, 1.807) is 17.9 Å². The van der Waals surface area contributed by atoms with Crippen molar-refractivity contribution in [3.8, 4) is 0 Å². The van der Waals surface area contributed by atoms with Gasteiger partial charge in [0.15, 0.2) is 0 Å². The Kier molecular flexibility index (Phi) is 7.39. The van der Waals surface area contributed by atoms with Crippen LogP contribution in [0.3, 0.4) is 0 Å². The molecule has 1 N–H and O–H groups in total. The van der Waals surface area contributed by atoms with Gasteiger partial charge < -0.3 is 14.8 Å². The lowest BCUT2D eigenvalue weighted by Gasteiger charge is -2.10. The summed E-state index contributed by atoms with van der Waals surface area (Å²) in [5, 5.41) is 6.84. The zero-order valence-corrected chi connectivity index (χ0v) is 15.9. The van der Waals surface area contributed by atoms with Gasteiger partial charge in [-0.25, -0.2) is 13.8 Å². The third kappa shape index (κ3) is 5.46. The van der Waals surface area contributed by atoms with Crippen molar-refractivity contribution in [3.05, 3.63) is 59.3 Å². The standard InChI is InChI=1S/C19H22F2N4O3/c1-12-11-25(8-9-27-3)24-15(12)10-16(28-4)13(2)19(26)23-17-7-5-6-14(22-17)18(20)21/h5-7,10-11,18H,2,8-9H2,1,3-4H3,(H,22,23,26)/b16-10+. The van der Waals surface area contributed by atoms with Crippen LogP contribution >= 0.6 is 0 Å². The molecule has 0 aromatic carbocycles. The average Bonchev–Trinajstić information content (AvgIpc) is 3.03. The topological polar surface area (TPSA) is 78.3 Å². The maximum Gasteiger partial charge on any atom is 0.280 e. The van der Waals surface area contributed by atoms with Gasteiger partial charge in [0.05, 0.1) is 31.5 Å². The number of pyridine rings is 1. The van der Waals surface area contributed by atoms with Crippen LogP contribution in [0.4, 0.5) is 14.6 Å². The van der Waals surface area contributed by atoms with E-state index in [-0.39, 0.29) is 17.2 Å². The monoisotopic (exact) mass is 392 g/mol. The second kappa shape index (κ2) is 9.75. The zero-order valence-electron chi connectivity index (χ0n) is 15.9. The minimum Gasteiger partial charge on any atom is -0.496 e. The van der Waals surface area contributed by atoms with Crippen molar-refractivity contribution in [2.75, 3.05) is 26.1 Å². The number of carbonyl (C=O) groups is 1. The van der Waals surface area contributed by atoms with E-state index < -0.39 is 18.0 Å². The maximum atomic E-state index is 12.7. The molecule has 0 spiro atoms. The van der Waals surface area contributed by atoms with Gasteiger partial charge in [0.2, 0.25) is 0 Å². The highest BCUT2D eigenvalue weighted by molar-refractivity contribution is 6.06. The molecule has 2 aromatic heterocycles. The van der Waals surface area contributed by atoms with E-state index in [0.717, 1.165) is 5.56 Å². The number of ether oxygens (including phenoxy) is 2. The third-order valence-electron chi connectivity index (χ3n) is 3.80. The summed E-state index contributed by atoms with van der Waals surface area (Å²) in [6.45, 7) is 6.70. The van der Waals surface area contributed by atoms with Gasteiger partial charge >= 0.3 is 0 Å². The highest BCUT2D eigenvalue weighted by Gasteiger charge is 2.16. The van der Waals surface area contributed by atoms with Crippen molar-refractivity contribution in [1.82, 2.24) is 14.8 Å². The minimum atomic E-state index is -2.73. The molecule has 150 valence electrons. The molecule has 0 unspecified atom stereocenters. The number of amides is 1. The van der Waals surface area contributed by atoms with Gasteiger partial charge in [0, 0.05) is 19.4 Å². The molecule has 0 atom stereocenters. The van der Waals surface area contributed by atoms with Gasteiger partial charge in [-0.3, -0.25) is 9.48 Å². The molecule has 0 aliphatic heterocycles. The Balaban J connectivity index is 2.16. The SMILES string of the molecule is C=C(C(=O)Nc1cccc(C(F)F)n1)/C(=C\c1nn(CCOC)cc1C)OC. The molecule has 0 saturated heterocycles. The Bertz CT molecular complexity index is 878. The summed E-state index contributed by atoms with van der Waals surface area (Å²) in [4.78, 5) is 16.1. The molecule has 2 aromatic rings. The van der Waals surface area contributed by atoms with Gasteiger partial charge in [-0.05, 0) is 24.6 Å². The number of halogens is 2. The van der Waals surface area contributed by atoms with E-state index in [0.29, 0.717) is 18.8 Å². The van der Waals surface area contributed by atoms with E-state index in [1.165, 1.54) is 25.3 Å². The molecule has 0 saturated carbocycles. The van der Waals surface area contributed by atoms with Gasteiger partial charge in [0.1, 0.15) is 17.3 Å². The number of rotatable bonds is 9. The molecule has 0 radical (unpaired) electrons. The molecule has 1 amide bonds. The molecule has 0 bridgehead atoms. The first-order valence-electron chi connectivity index (χ1n) is 8.40. The Labute approximate surface area is 161 Å². The van der Waals surface area contributed by atoms with Gasteiger partial charge in [-0.15, -0.1) is 0 Å². The van der Waals surface area contributed by atoms with Gasteiger partial charge in [-0.1, -0.05) is 12.6 Å². The van der Waals surface area contributed by atoms with Crippen molar-refractivity contribution in [2.45, 2.75) is 19.9 Å². The summed E-state index contributed by atoms with van der Waals surface area (Å²) >= 11 is 0. The molecule has 9 heteroatoms. The van der Waals surface area contributed by atoms with Crippen molar-refractivity contribution in [1.29, 1.82) is 0 Å². The van der Waals surface area contributed by atoms with Crippen LogP contribution in [0.2, 0.25) is 0 Å². The first-order chi connectivity index (χ1) is 13.3. The molecular weight excluding hydrogens is 370 g/mol. The van der Waals surface area contributed by atoms with Crippen LogP contribution in [0.1, 0.15) is 23.4 Å². The Morgan fingerprint density at radius 1 is 1.39 bits per heavy atom. The van der Waals surface area contributed by atoms with Crippen LogP contribution in [0.5, 0.6) is 0 Å². The number of hydrogen-bond donors (Lipinski definition) is 1. The first kappa shape index (κ1) is 21.2. The summed E-state index contributed by atoms with van der Waals surface area (Å²) in [7, 11) is 3.01. The van der Waals surface area contributed by atoms with Gasteiger partial charge in [0.25, 0.3) is 12.3 Å². The quantitative estimate of drug-likeness (QED) is 0.402. The number of methoxy groups -OCH3 is 2. The minimum absolute atomic E-state index is 0.000530. The van der Waals surface area contributed by atoms with Gasteiger partial charge in [-0.2, -0.15) is 5.10 Å². The van der Waals surface area contributed by atoms with Crippen LogP contribution in [-0.2, 0) is 20.8 Å². The fourth-order valence-corrected chi connectivity index (χ4v) is 2.32. The van der Waals surface area contributed by atoms with E-state index in [2.05, 4.69) is 22.0 Å². The van der Waals surface area contributed by atoms with Crippen LogP contribution in [0.15, 0.2) is 42.3 Å². The van der Waals surface area contributed by atoms with Crippen molar-refractivity contribution in [2.24, 2.45) is 0 Å². The average molecular weight is 392 g/mol. The molecule has 28 heavy (non-hydrogen) atoms. The lowest BCUT2D eigenvalue weighted by atomic mass is 10.1. The summed E-state index contributed by atoms with van der Waals surface area (Å²) in [6, 6.07) is 3.98. The number of aryl methyl sites for hydroxylation is 1. The summed E-state index contributed by atoms with van der Waals surface area (Å²) in [5.74, 6) is -0.425. The maximum absolute atomic E-state index is 12.7. The predicted octanol–water partition coefficient (Wildman–Crippen LogP) is 3.35. The highest BCUT2D eigenvalue weighted by Crippen LogP contribution is 2.20. The predicted molar refractivity (Wildman–Crippen MR) is 101 cm³/mol. The number of aromatic nitrogens is 3. The lowest BCUT2D eigenvalue weighted by Crippen LogP contribution is -2.17.